The van der Waals surface area contributed by atoms with Gasteiger partial charge in [0.1, 0.15) is 5.75 Å². The molecule has 0 radical (unpaired) electrons. The van der Waals surface area contributed by atoms with Crippen LogP contribution >= 0.6 is 0 Å². The summed E-state index contributed by atoms with van der Waals surface area (Å²) in [4.78, 5) is 0. The molecule has 0 amide bonds. The van der Waals surface area contributed by atoms with Gasteiger partial charge in [-0.15, -0.1) is 0 Å². The van der Waals surface area contributed by atoms with Crippen molar-refractivity contribution in [2.75, 3.05) is 7.11 Å². The van der Waals surface area contributed by atoms with Gasteiger partial charge < -0.3 is 15.2 Å². The van der Waals surface area contributed by atoms with Crippen molar-refractivity contribution in [1.29, 1.82) is 0 Å². The van der Waals surface area contributed by atoms with Crippen LogP contribution in [-0.4, -0.2) is 19.3 Å². The van der Waals surface area contributed by atoms with Gasteiger partial charge in [-0.2, -0.15) is 0 Å². The highest BCUT2D eigenvalue weighted by atomic mass is 16.5. The van der Waals surface area contributed by atoms with Crippen molar-refractivity contribution in [3.63, 3.8) is 0 Å². The highest BCUT2D eigenvalue weighted by Gasteiger charge is 2.26. The van der Waals surface area contributed by atoms with Crippen LogP contribution in [0.2, 0.25) is 0 Å². The first-order valence-electron chi connectivity index (χ1n) is 8.19. The number of hydrogen-bond acceptors (Lipinski definition) is 3. The molecule has 4 atom stereocenters. The fourth-order valence-corrected chi connectivity index (χ4v) is 3.14. The Labute approximate surface area is 128 Å². The molecular weight excluding hydrogens is 262 g/mol. The van der Waals surface area contributed by atoms with E-state index in [1.807, 2.05) is 12.1 Å². The number of benzene rings is 1. The van der Waals surface area contributed by atoms with E-state index in [0.717, 1.165) is 36.5 Å². The van der Waals surface area contributed by atoms with Crippen molar-refractivity contribution in [3.05, 3.63) is 29.8 Å². The van der Waals surface area contributed by atoms with E-state index >= 15 is 0 Å². The average Bonchev–Trinajstić information content (AvgIpc) is 2.52. The Kier molecular flexibility index (Phi) is 6.07. The second kappa shape index (κ2) is 7.81. The largest absolute Gasteiger partial charge is 0.497 e. The third-order valence-electron chi connectivity index (χ3n) is 4.53. The number of nitrogens with two attached hydrogens (primary N) is 1. The molecule has 2 N–H and O–H groups in total. The molecule has 0 heterocycles. The molecule has 0 aromatic heterocycles. The number of ether oxygens (including phenoxy) is 2. The second-order valence-electron chi connectivity index (χ2n) is 6.30. The van der Waals surface area contributed by atoms with Gasteiger partial charge in [0.2, 0.25) is 0 Å². The normalized spacial score (nSPS) is 25.3. The molecule has 0 bridgehead atoms. The van der Waals surface area contributed by atoms with Crippen LogP contribution in [0.5, 0.6) is 5.75 Å². The molecule has 4 unspecified atom stereocenters. The Morgan fingerprint density at radius 3 is 2.52 bits per heavy atom. The van der Waals surface area contributed by atoms with Crippen molar-refractivity contribution in [3.8, 4) is 5.75 Å². The van der Waals surface area contributed by atoms with E-state index in [4.69, 9.17) is 15.2 Å². The van der Waals surface area contributed by atoms with Gasteiger partial charge in [-0.05, 0) is 42.9 Å². The number of rotatable bonds is 6. The standard InChI is InChI=1S/C18H29NO2/c1-4-17(19)18(14-8-10-15(20-3)11-9-14)21-16-7-5-6-13(2)12-16/h8-11,13,16-18H,4-7,12,19H2,1-3H3. The highest BCUT2D eigenvalue weighted by Crippen LogP contribution is 2.32. The quantitative estimate of drug-likeness (QED) is 0.859. The third-order valence-corrected chi connectivity index (χ3v) is 4.53. The zero-order valence-corrected chi connectivity index (χ0v) is 13.5. The van der Waals surface area contributed by atoms with Crippen molar-refractivity contribution in [2.45, 2.75) is 64.2 Å². The zero-order chi connectivity index (χ0) is 15.2. The highest BCUT2D eigenvalue weighted by molar-refractivity contribution is 5.29. The van der Waals surface area contributed by atoms with Gasteiger partial charge in [0, 0.05) is 6.04 Å². The van der Waals surface area contributed by atoms with Crippen LogP contribution in [0.25, 0.3) is 0 Å². The second-order valence-corrected chi connectivity index (χ2v) is 6.30. The summed E-state index contributed by atoms with van der Waals surface area (Å²) >= 11 is 0. The van der Waals surface area contributed by atoms with Gasteiger partial charge in [0.05, 0.1) is 19.3 Å². The molecule has 3 nitrogen and oxygen atoms in total. The summed E-state index contributed by atoms with van der Waals surface area (Å²) < 4.78 is 11.6. The fourth-order valence-electron chi connectivity index (χ4n) is 3.14. The molecule has 3 heteroatoms. The minimum Gasteiger partial charge on any atom is -0.497 e. The molecule has 1 aromatic rings. The van der Waals surface area contributed by atoms with E-state index in [9.17, 15) is 0 Å². The van der Waals surface area contributed by atoms with E-state index < -0.39 is 0 Å². The Morgan fingerprint density at radius 2 is 1.95 bits per heavy atom. The van der Waals surface area contributed by atoms with Gasteiger partial charge in [-0.25, -0.2) is 0 Å². The van der Waals surface area contributed by atoms with Gasteiger partial charge in [-0.3, -0.25) is 0 Å². The first-order chi connectivity index (χ1) is 10.1. The summed E-state index contributed by atoms with van der Waals surface area (Å²) in [6.07, 6.45) is 6.15. The van der Waals surface area contributed by atoms with E-state index in [1.165, 1.54) is 12.8 Å². The van der Waals surface area contributed by atoms with E-state index in [1.54, 1.807) is 7.11 Å². The van der Waals surface area contributed by atoms with Crippen LogP contribution in [0.1, 0.15) is 57.6 Å². The third kappa shape index (κ3) is 4.45. The minimum atomic E-state index is -0.0174. The lowest BCUT2D eigenvalue weighted by Crippen LogP contribution is -2.34. The Bertz CT molecular complexity index is 418. The monoisotopic (exact) mass is 291 g/mol. The maximum absolute atomic E-state index is 6.41. The van der Waals surface area contributed by atoms with Crippen molar-refractivity contribution in [1.82, 2.24) is 0 Å². The van der Waals surface area contributed by atoms with E-state index in [-0.39, 0.29) is 12.1 Å². The molecule has 0 spiro atoms. The molecule has 1 fully saturated rings. The van der Waals surface area contributed by atoms with Gasteiger partial charge in [-0.1, -0.05) is 38.8 Å². The minimum absolute atomic E-state index is 0.0174. The van der Waals surface area contributed by atoms with Gasteiger partial charge in [0.25, 0.3) is 0 Å². The van der Waals surface area contributed by atoms with Crippen molar-refractivity contribution < 1.29 is 9.47 Å². The first-order valence-corrected chi connectivity index (χ1v) is 8.19. The Hall–Kier alpha value is -1.06. The van der Waals surface area contributed by atoms with Crippen LogP contribution in [-0.2, 0) is 4.74 Å². The topological polar surface area (TPSA) is 44.5 Å². The van der Waals surface area contributed by atoms with E-state index in [2.05, 4.69) is 26.0 Å². The maximum Gasteiger partial charge on any atom is 0.118 e. The molecule has 118 valence electrons. The number of methoxy groups -OCH3 is 1. The summed E-state index contributed by atoms with van der Waals surface area (Å²) in [5, 5.41) is 0. The van der Waals surface area contributed by atoms with Gasteiger partial charge >= 0.3 is 0 Å². The lowest BCUT2D eigenvalue weighted by molar-refractivity contribution is -0.0518. The Morgan fingerprint density at radius 1 is 1.24 bits per heavy atom. The predicted molar refractivity (Wildman–Crippen MR) is 86.5 cm³/mol. The molecular formula is C18H29NO2. The summed E-state index contributed by atoms with van der Waals surface area (Å²) in [6, 6.07) is 8.15. The van der Waals surface area contributed by atoms with Crippen LogP contribution in [0.15, 0.2) is 24.3 Å². The molecule has 0 saturated heterocycles. The van der Waals surface area contributed by atoms with Gasteiger partial charge in [0.15, 0.2) is 0 Å². The number of hydrogen-bond donors (Lipinski definition) is 1. The molecule has 1 aliphatic rings. The van der Waals surface area contributed by atoms with Crippen LogP contribution < -0.4 is 10.5 Å². The predicted octanol–water partition coefficient (Wildman–Crippen LogP) is 4.07. The molecule has 0 aliphatic heterocycles. The maximum atomic E-state index is 6.41. The molecule has 1 saturated carbocycles. The fraction of sp³-hybridized carbons (Fsp3) is 0.667. The van der Waals surface area contributed by atoms with Crippen molar-refractivity contribution in [2.24, 2.45) is 11.7 Å². The van der Waals surface area contributed by atoms with E-state index in [0.29, 0.717) is 6.10 Å². The summed E-state index contributed by atoms with van der Waals surface area (Å²) in [7, 11) is 1.68. The lowest BCUT2D eigenvalue weighted by atomic mass is 9.88. The molecule has 21 heavy (non-hydrogen) atoms. The summed E-state index contributed by atoms with van der Waals surface area (Å²) in [5.41, 5.74) is 7.47. The van der Waals surface area contributed by atoms with Crippen LogP contribution in [0, 0.1) is 5.92 Å². The SMILES string of the molecule is CCC(N)C(OC1CCCC(C)C1)c1ccc(OC)cc1. The molecule has 1 aliphatic carbocycles. The molecule has 2 rings (SSSR count). The summed E-state index contributed by atoms with van der Waals surface area (Å²) in [5.74, 6) is 1.63. The zero-order valence-electron chi connectivity index (χ0n) is 13.5. The Balaban J connectivity index is 2.09. The lowest BCUT2D eigenvalue weighted by Gasteiger charge is -2.33. The van der Waals surface area contributed by atoms with Crippen LogP contribution in [0.4, 0.5) is 0 Å². The first kappa shape index (κ1) is 16.3. The van der Waals surface area contributed by atoms with Crippen molar-refractivity contribution >= 4 is 0 Å². The molecule has 1 aromatic carbocycles. The average molecular weight is 291 g/mol. The van der Waals surface area contributed by atoms with Crippen LogP contribution in [0.3, 0.4) is 0 Å². The summed E-state index contributed by atoms with van der Waals surface area (Å²) in [6.45, 7) is 4.44. The smallest absolute Gasteiger partial charge is 0.118 e.